The highest BCUT2D eigenvalue weighted by Gasteiger charge is 2.16. The van der Waals surface area contributed by atoms with Crippen LogP contribution in [0, 0.1) is 17.0 Å². The topological polar surface area (TPSA) is 101 Å². The Balaban J connectivity index is 1.89. The minimum absolute atomic E-state index is 0.116. The average molecular weight is 459 g/mol. The Morgan fingerprint density at radius 2 is 1.75 bits per heavy atom. The van der Waals surface area contributed by atoms with Crippen LogP contribution in [0.5, 0.6) is 0 Å². The minimum Gasteiger partial charge on any atom is -0.376 e. The Hall–Kier alpha value is -3.17. The summed E-state index contributed by atoms with van der Waals surface area (Å²) in [5.41, 5.74) is 4.93. The van der Waals surface area contributed by atoms with E-state index in [0.717, 1.165) is 28.2 Å². The van der Waals surface area contributed by atoms with Gasteiger partial charge in [0.25, 0.3) is 5.09 Å². The van der Waals surface area contributed by atoms with Gasteiger partial charge in [-0.15, -0.1) is 10.1 Å². The highest BCUT2D eigenvalue weighted by molar-refractivity contribution is 7.90. The molecule has 170 valence electrons. The summed E-state index contributed by atoms with van der Waals surface area (Å²) in [5.74, 6) is 0. The van der Waals surface area contributed by atoms with Crippen molar-refractivity contribution in [1.29, 1.82) is 0 Å². The zero-order valence-electron chi connectivity index (χ0n) is 18.2. The molecule has 0 bridgehead atoms. The molecule has 9 heteroatoms. The molecule has 0 aliphatic rings. The molecule has 0 N–H and O–H groups in total. The largest absolute Gasteiger partial charge is 0.376 e. The monoisotopic (exact) mass is 458 g/mol. The molecule has 1 aromatic heterocycles. The van der Waals surface area contributed by atoms with Gasteiger partial charge in [0.05, 0.1) is 23.3 Å². The maximum atomic E-state index is 11.8. The zero-order chi connectivity index (χ0) is 23.3. The van der Waals surface area contributed by atoms with Crippen LogP contribution in [0.3, 0.4) is 0 Å². The summed E-state index contributed by atoms with van der Waals surface area (Å²) >= 11 is 0. The summed E-state index contributed by atoms with van der Waals surface area (Å²) in [6, 6.07) is 18.8. The van der Waals surface area contributed by atoms with Crippen LogP contribution in [0.2, 0.25) is 0 Å². The molecular weight excluding hydrogens is 432 g/mol. The molecule has 0 saturated heterocycles. The molecule has 1 unspecified atom stereocenters. The zero-order valence-corrected chi connectivity index (χ0v) is 19.0. The van der Waals surface area contributed by atoms with Crippen molar-refractivity contribution in [3.05, 3.63) is 82.0 Å². The van der Waals surface area contributed by atoms with E-state index < -0.39 is 21.0 Å². The molecule has 0 spiro atoms. The molecule has 1 atom stereocenters. The Morgan fingerprint density at radius 3 is 2.34 bits per heavy atom. The summed E-state index contributed by atoms with van der Waals surface area (Å²) < 4.78 is 31.4. The molecule has 32 heavy (non-hydrogen) atoms. The lowest BCUT2D eigenvalue weighted by atomic mass is 10.1. The smallest absolute Gasteiger partial charge is 0.294 e. The Labute approximate surface area is 187 Å². The quantitative estimate of drug-likeness (QED) is 0.336. The average Bonchev–Trinajstić information content (AvgIpc) is 3.08. The third-order valence-electron chi connectivity index (χ3n) is 5.13. The number of hydrogen-bond acceptors (Lipinski definition) is 6. The van der Waals surface area contributed by atoms with Gasteiger partial charge >= 0.3 is 0 Å². The van der Waals surface area contributed by atoms with Gasteiger partial charge in [-0.1, -0.05) is 30.3 Å². The first-order valence-electron chi connectivity index (χ1n) is 10.1. The Bertz CT molecular complexity index is 1170. The van der Waals surface area contributed by atoms with E-state index in [1.807, 2.05) is 49.4 Å². The van der Waals surface area contributed by atoms with E-state index in [4.69, 9.17) is 4.74 Å². The van der Waals surface area contributed by atoms with E-state index in [2.05, 4.69) is 15.5 Å². The van der Waals surface area contributed by atoms with Crippen LogP contribution in [0.25, 0.3) is 16.9 Å². The number of rotatable bonds is 10. The fourth-order valence-corrected chi connectivity index (χ4v) is 4.12. The maximum absolute atomic E-state index is 11.8. The van der Waals surface area contributed by atoms with E-state index in [-0.39, 0.29) is 11.5 Å². The Morgan fingerprint density at radius 1 is 1.09 bits per heavy atom. The Kier molecular flexibility index (Phi) is 7.32. The second-order valence-corrected chi connectivity index (χ2v) is 9.57. The van der Waals surface area contributed by atoms with Crippen LogP contribution >= 0.6 is 0 Å². The molecule has 1 heterocycles. The van der Waals surface area contributed by atoms with Crippen molar-refractivity contribution in [3.63, 3.8) is 0 Å². The molecule has 0 radical (unpaired) electrons. The molecule has 0 aliphatic heterocycles. The highest BCUT2D eigenvalue weighted by atomic mass is 32.2. The summed E-state index contributed by atoms with van der Waals surface area (Å²) in [4.78, 5) is 14.9. The van der Waals surface area contributed by atoms with Gasteiger partial charge < -0.3 is 14.1 Å². The van der Waals surface area contributed by atoms with Crippen molar-refractivity contribution >= 4 is 9.84 Å². The number of hydrogen-bond donors (Lipinski definition) is 0. The molecule has 2 aromatic carbocycles. The van der Waals surface area contributed by atoms with E-state index in [0.29, 0.717) is 13.0 Å². The number of para-hydroxylation sites is 1. The maximum Gasteiger partial charge on any atom is 0.294 e. The van der Waals surface area contributed by atoms with Crippen molar-refractivity contribution in [2.75, 3.05) is 19.5 Å². The van der Waals surface area contributed by atoms with Crippen molar-refractivity contribution in [2.24, 2.45) is 0 Å². The lowest BCUT2D eigenvalue weighted by Gasteiger charge is -2.13. The summed E-state index contributed by atoms with van der Waals surface area (Å²) in [6.45, 7) is 4.01. The molecule has 0 aliphatic carbocycles. The first-order chi connectivity index (χ1) is 15.2. The predicted octanol–water partition coefficient (Wildman–Crippen LogP) is 4.01. The molecule has 0 saturated carbocycles. The van der Waals surface area contributed by atoms with Crippen LogP contribution < -0.4 is 0 Å². The van der Waals surface area contributed by atoms with Gasteiger partial charge in [-0.2, -0.15) is 0 Å². The molecule has 3 rings (SSSR count). The second kappa shape index (κ2) is 9.97. The molecule has 0 fully saturated rings. The van der Waals surface area contributed by atoms with Gasteiger partial charge in [-0.05, 0) is 61.7 Å². The van der Waals surface area contributed by atoms with E-state index in [9.17, 15) is 18.5 Å². The molecule has 8 nitrogen and oxygen atoms in total. The SMILES string of the molecule is Cc1c(CCOC(C)CO[N+](=O)[O-])cc(-c2ccc(S(C)(=O)=O)cc2)n1-c1ccccc1. The van der Waals surface area contributed by atoms with Crippen molar-refractivity contribution in [2.45, 2.75) is 31.3 Å². The fourth-order valence-electron chi connectivity index (χ4n) is 3.49. The number of sulfone groups is 1. The van der Waals surface area contributed by atoms with Crippen molar-refractivity contribution in [3.8, 4) is 16.9 Å². The third-order valence-corrected chi connectivity index (χ3v) is 6.26. The predicted molar refractivity (Wildman–Crippen MR) is 121 cm³/mol. The first-order valence-corrected chi connectivity index (χ1v) is 12.0. The van der Waals surface area contributed by atoms with Gasteiger partial charge in [-0.25, -0.2) is 8.42 Å². The summed E-state index contributed by atoms with van der Waals surface area (Å²) in [7, 11) is -3.27. The van der Waals surface area contributed by atoms with Gasteiger partial charge in [0.15, 0.2) is 9.84 Å². The van der Waals surface area contributed by atoms with Crippen LogP contribution in [-0.2, 0) is 25.8 Å². The van der Waals surface area contributed by atoms with Crippen LogP contribution in [0.15, 0.2) is 65.6 Å². The van der Waals surface area contributed by atoms with Crippen LogP contribution in [0.4, 0.5) is 0 Å². The number of aromatic nitrogens is 1. The van der Waals surface area contributed by atoms with Crippen molar-refractivity contribution in [1.82, 2.24) is 4.57 Å². The minimum atomic E-state index is -3.27. The molecule has 3 aromatic rings. The first kappa shape index (κ1) is 23.5. The van der Waals surface area contributed by atoms with Crippen LogP contribution in [0.1, 0.15) is 18.2 Å². The highest BCUT2D eigenvalue weighted by Crippen LogP contribution is 2.30. The number of nitrogens with zero attached hydrogens (tertiary/aromatic N) is 2. The van der Waals surface area contributed by atoms with E-state index in [1.54, 1.807) is 19.1 Å². The van der Waals surface area contributed by atoms with Gasteiger partial charge in [0.2, 0.25) is 0 Å². The molecular formula is C23H26N2O6S. The standard InChI is InChI=1S/C23H26N2O6S/c1-17(16-31-25(26)27)30-14-13-20-15-23(19-9-11-22(12-10-19)32(3,28)29)24(18(20)2)21-7-5-4-6-8-21/h4-12,15,17H,13-14,16H2,1-3H3. The summed E-state index contributed by atoms with van der Waals surface area (Å²) in [5, 5.41) is 9.49. The third kappa shape index (κ3) is 5.74. The van der Waals surface area contributed by atoms with Gasteiger partial charge in [0, 0.05) is 17.6 Å². The summed E-state index contributed by atoms with van der Waals surface area (Å²) in [6.07, 6.45) is 1.40. The van der Waals surface area contributed by atoms with Crippen molar-refractivity contribution < 1.29 is 23.1 Å². The number of benzene rings is 2. The number of ether oxygens (including phenoxy) is 1. The lowest BCUT2D eigenvalue weighted by Crippen LogP contribution is -2.19. The normalized spacial score (nSPS) is 12.5. The lowest BCUT2D eigenvalue weighted by molar-refractivity contribution is -0.759. The van der Waals surface area contributed by atoms with Crippen LogP contribution in [-0.4, -0.2) is 43.6 Å². The second-order valence-electron chi connectivity index (χ2n) is 7.56. The molecule has 0 amide bonds. The van der Waals surface area contributed by atoms with Gasteiger partial charge in [-0.3, -0.25) is 0 Å². The van der Waals surface area contributed by atoms with Gasteiger partial charge in [0.1, 0.15) is 6.61 Å². The van der Waals surface area contributed by atoms with E-state index in [1.165, 1.54) is 6.26 Å². The van der Waals surface area contributed by atoms with E-state index >= 15 is 0 Å². The fraction of sp³-hybridized carbons (Fsp3) is 0.304.